The second-order valence-corrected chi connectivity index (χ2v) is 6.24. The van der Waals surface area contributed by atoms with Crippen LogP contribution in [0.4, 0.5) is 5.69 Å². The van der Waals surface area contributed by atoms with Crippen molar-refractivity contribution in [2.75, 3.05) is 31.1 Å². The number of anilines is 1. The monoisotopic (exact) mass is 365 g/mol. The number of piperazine rings is 1. The first-order valence-corrected chi connectivity index (χ1v) is 7.97. The number of hydrogen-bond donors (Lipinski definition) is 2. The van der Waals surface area contributed by atoms with Crippen LogP contribution in [0.25, 0.3) is 0 Å². The summed E-state index contributed by atoms with van der Waals surface area (Å²) in [6.45, 7) is 1.73. The number of carboxylic acid groups (broad SMARTS) is 1. The number of ether oxygens (including phenoxy) is 1. The number of primary amides is 1. The zero-order chi connectivity index (χ0) is 18.2. The van der Waals surface area contributed by atoms with E-state index in [4.69, 9.17) is 22.1 Å². The Hall–Kier alpha value is -2.38. The number of aliphatic carboxylic acids is 1. The number of para-hydroxylation sites is 1. The van der Waals surface area contributed by atoms with E-state index in [-0.39, 0.29) is 0 Å². The highest BCUT2D eigenvalue weighted by molar-refractivity contribution is 6.33. The van der Waals surface area contributed by atoms with Crippen molar-refractivity contribution in [3.63, 3.8) is 0 Å². The normalized spacial score (nSPS) is 28.9. The Morgan fingerprint density at radius 3 is 2.40 bits per heavy atom. The van der Waals surface area contributed by atoms with Crippen molar-refractivity contribution in [1.29, 1.82) is 0 Å². The number of nitrogens with zero attached hydrogens (tertiary/aromatic N) is 2. The average Bonchev–Trinajstić information content (AvgIpc) is 3.28. The number of halogens is 1. The van der Waals surface area contributed by atoms with Crippen LogP contribution in [0.2, 0.25) is 5.02 Å². The molecule has 1 amide bonds. The van der Waals surface area contributed by atoms with Gasteiger partial charge in [-0.05, 0) is 12.1 Å². The van der Waals surface area contributed by atoms with Crippen molar-refractivity contribution in [2.24, 2.45) is 5.73 Å². The van der Waals surface area contributed by atoms with Crippen molar-refractivity contribution in [3.8, 4) is 0 Å². The minimum Gasteiger partial charge on any atom is -0.479 e. The van der Waals surface area contributed by atoms with Crippen molar-refractivity contribution in [2.45, 2.75) is 11.3 Å². The maximum absolute atomic E-state index is 11.7. The Kier molecular flexibility index (Phi) is 4.30. The van der Waals surface area contributed by atoms with Gasteiger partial charge in [-0.15, -0.1) is 0 Å². The summed E-state index contributed by atoms with van der Waals surface area (Å²) in [6, 6.07) is 7.37. The largest absolute Gasteiger partial charge is 0.479 e. The molecule has 2 saturated heterocycles. The number of rotatable bonds is 5. The maximum atomic E-state index is 11.7. The Morgan fingerprint density at radius 1 is 1.28 bits per heavy atom. The summed E-state index contributed by atoms with van der Waals surface area (Å²) in [7, 11) is 0. The summed E-state index contributed by atoms with van der Waals surface area (Å²) in [4.78, 5) is 37.8. The van der Waals surface area contributed by atoms with Crippen LogP contribution in [-0.4, -0.2) is 65.3 Å². The molecule has 2 fully saturated rings. The molecular formula is C16H16ClN3O5. The summed E-state index contributed by atoms with van der Waals surface area (Å²) >= 11 is 6.20. The Balaban J connectivity index is 1.82. The molecule has 2 unspecified atom stereocenters. The molecule has 2 heterocycles. The van der Waals surface area contributed by atoms with Gasteiger partial charge in [0.1, 0.15) is 5.94 Å². The lowest BCUT2D eigenvalue weighted by Crippen LogP contribution is -2.57. The van der Waals surface area contributed by atoms with Crippen LogP contribution in [0.5, 0.6) is 0 Å². The molecule has 0 radical (unpaired) electrons. The number of carbonyl (C=O) groups is 2. The number of carboxylic acids is 1. The van der Waals surface area contributed by atoms with E-state index in [2.05, 4.69) is 0 Å². The van der Waals surface area contributed by atoms with E-state index in [0.717, 1.165) is 11.8 Å². The lowest BCUT2D eigenvalue weighted by atomic mass is 9.96. The quantitative estimate of drug-likeness (QED) is 0.424. The molecule has 8 nitrogen and oxygen atoms in total. The van der Waals surface area contributed by atoms with Gasteiger partial charge in [0.2, 0.25) is 5.72 Å². The van der Waals surface area contributed by atoms with Gasteiger partial charge in [0.15, 0.2) is 0 Å². The van der Waals surface area contributed by atoms with Crippen LogP contribution >= 0.6 is 11.6 Å². The second-order valence-electron chi connectivity index (χ2n) is 5.84. The van der Waals surface area contributed by atoms with Crippen molar-refractivity contribution >= 4 is 35.1 Å². The summed E-state index contributed by atoms with van der Waals surface area (Å²) < 4.78 is 5.25. The van der Waals surface area contributed by atoms with Crippen molar-refractivity contribution in [1.82, 2.24) is 4.90 Å². The molecule has 9 heteroatoms. The summed E-state index contributed by atoms with van der Waals surface area (Å²) in [6.07, 6.45) is 0.914. The van der Waals surface area contributed by atoms with Crippen LogP contribution in [0.15, 0.2) is 30.3 Å². The predicted molar refractivity (Wildman–Crippen MR) is 88.9 cm³/mol. The molecule has 2 atom stereocenters. The molecule has 0 saturated carbocycles. The molecule has 0 aromatic heterocycles. The fourth-order valence-electron chi connectivity index (χ4n) is 3.31. The highest BCUT2D eigenvalue weighted by Gasteiger charge is 2.81. The molecule has 0 spiro atoms. The Labute approximate surface area is 148 Å². The summed E-state index contributed by atoms with van der Waals surface area (Å²) in [5.41, 5.74) is 2.13. The third-order valence-electron chi connectivity index (χ3n) is 4.62. The number of carbonyl (C=O) groups excluding carboxylic acids is 2. The molecular weight excluding hydrogens is 350 g/mol. The van der Waals surface area contributed by atoms with Crippen LogP contribution in [-0.2, 0) is 19.1 Å². The zero-order valence-electron chi connectivity index (χ0n) is 13.1. The molecule has 1 aromatic carbocycles. The van der Waals surface area contributed by atoms with E-state index in [0.29, 0.717) is 31.2 Å². The van der Waals surface area contributed by atoms with E-state index in [1.807, 2.05) is 23.1 Å². The van der Waals surface area contributed by atoms with Gasteiger partial charge in [0.25, 0.3) is 11.5 Å². The Morgan fingerprint density at radius 2 is 1.92 bits per heavy atom. The van der Waals surface area contributed by atoms with E-state index in [1.165, 1.54) is 5.94 Å². The standard InChI is InChI=1S/C16H16ClN3O5/c17-11-3-1-2-4-12(11)19-6-8-20(9-7-19)15(5-10-21)16(25-15,13(18)22)14(23)24/h1-5H,6-9H2,(H2,18,22)(H,23,24). The topological polar surface area (TPSA) is 116 Å². The first kappa shape index (κ1) is 17.4. The van der Waals surface area contributed by atoms with Crippen molar-refractivity contribution < 1.29 is 24.2 Å². The summed E-state index contributed by atoms with van der Waals surface area (Å²) in [5, 5.41) is 10.0. The highest BCUT2D eigenvalue weighted by Crippen LogP contribution is 2.52. The fourth-order valence-corrected chi connectivity index (χ4v) is 3.57. The van der Waals surface area contributed by atoms with Crippen LogP contribution in [0, 0.1) is 0 Å². The minimum atomic E-state index is -2.27. The molecule has 1 aromatic rings. The molecule has 2 aliphatic heterocycles. The molecule has 3 N–H and O–H groups in total. The maximum Gasteiger partial charge on any atom is 0.351 e. The number of epoxide rings is 1. The van der Waals surface area contributed by atoms with Gasteiger partial charge >= 0.3 is 5.97 Å². The molecule has 0 aliphatic carbocycles. The third kappa shape index (κ3) is 2.51. The first-order valence-electron chi connectivity index (χ1n) is 7.59. The lowest BCUT2D eigenvalue weighted by Gasteiger charge is -2.38. The van der Waals surface area contributed by atoms with E-state index in [9.17, 15) is 19.5 Å². The number of nitrogens with two attached hydrogens (primary N) is 1. The summed E-state index contributed by atoms with van der Waals surface area (Å²) in [5.74, 6) is -1.14. The van der Waals surface area contributed by atoms with Gasteiger partial charge in [0.05, 0.1) is 16.8 Å². The molecule has 25 heavy (non-hydrogen) atoms. The fraction of sp³-hybridized carbons (Fsp3) is 0.375. The second kappa shape index (κ2) is 6.16. The van der Waals surface area contributed by atoms with E-state index < -0.39 is 23.2 Å². The molecule has 2 aliphatic rings. The van der Waals surface area contributed by atoms with Gasteiger partial charge < -0.3 is 20.5 Å². The average molecular weight is 366 g/mol. The zero-order valence-corrected chi connectivity index (χ0v) is 13.9. The minimum absolute atomic E-state index is 0.353. The number of amides is 1. The predicted octanol–water partition coefficient (Wildman–Crippen LogP) is -0.115. The van der Waals surface area contributed by atoms with Crippen molar-refractivity contribution in [3.05, 3.63) is 35.4 Å². The number of benzene rings is 1. The molecule has 3 rings (SSSR count). The van der Waals surface area contributed by atoms with Gasteiger partial charge in [-0.3, -0.25) is 9.69 Å². The first-order chi connectivity index (χ1) is 11.9. The third-order valence-corrected chi connectivity index (χ3v) is 4.94. The molecule has 0 bridgehead atoms. The SMILES string of the molecule is NC(=O)C1(C(=O)O)OC1(C=C=O)N1CCN(c2ccccc2Cl)CC1. The van der Waals surface area contributed by atoms with Gasteiger partial charge in [-0.2, -0.15) is 0 Å². The number of hydrogen-bond acceptors (Lipinski definition) is 6. The van der Waals surface area contributed by atoms with E-state index in [1.54, 1.807) is 11.0 Å². The van der Waals surface area contributed by atoms with Crippen LogP contribution in [0.3, 0.4) is 0 Å². The van der Waals surface area contributed by atoms with Crippen LogP contribution < -0.4 is 10.6 Å². The van der Waals surface area contributed by atoms with Gasteiger partial charge in [-0.1, -0.05) is 23.7 Å². The lowest BCUT2D eigenvalue weighted by molar-refractivity contribution is -0.148. The van der Waals surface area contributed by atoms with Crippen LogP contribution in [0.1, 0.15) is 0 Å². The van der Waals surface area contributed by atoms with Gasteiger partial charge in [-0.25, -0.2) is 9.59 Å². The Bertz CT molecular complexity index is 757. The highest BCUT2D eigenvalue weighted by atomic mass is 35.5. The van der Waals surface area contributed by atoms with E-state index >= 15 is 0 Å². The molecule has 132 valence electrons. The smallest absolute Gasteiger partial charge is 0.351 e. The van der Waals surface area contributed by atoms with Gasteiger partial charge in [0, 0.05) is 26.2 Å².